The second-order valence-corrected chi connectivity index (χ2v) is 4.00. The Kier molecular flexibility index (Phi) is 6.19. The molecule has 10 heteroatoms. The van der Waals surface area contributed by atoms with Gasteiger partial charge < -0.3 is 14.2 Å². The Bertz CT molecular complexity index is 411. The van der Waals surface area contributed by atoms with Crippen LogP contribution < -0.4 is 5.48 Å². The van der Waals surface area contributed by atoms with Crippen molar-refractivity contribution in [2.24, 2.45) is 5.11 Å². The summed E-state index contributed by atoms with van der Waals surface area (Å²) in [4.78, 5) is 29.9. The molecule has 0 amide bonds. The Labute approximate surface area is 114 Å². The lowest BCUT2D eigenvalue weighted by Gasteiger charge is -2.38. The van der Waals surface area contributed by atoms with E-state index in [1.165, 1.54) is 21.0 Å². The third-order valence-corrected chi connectivity index (χ3v) is 2.54. The lowest BCUT2D eigenvalue weighted by Crippen LogP contribution is -2.60. The Hall–Kier alpha value is -1.87. The summed E-state index contributed by atoms with van der Waals surface area (Å²) in [5.41, 5.74) is 11.1. The van der Waals surface area contributed by atoms with Crippen LogP contribution in [0.4, 0.5) is 0 Å². The zero-order valence-electron chi connectivity index (χ0n) is 11.3. The van der Waals surface area contributed by atoms with E-state index in [-0.39, 0.29) is 6.61 Å². The van der Waals surface area contributed by atoms with Crippen LogP contribution in [0, 0.1) is 0 Å². The molecule has 3 unspecified atom stereocenters. The Balaban J connectivity index is 2.90. The second kappa shape index (κ2) is 7.65. The summed E-state index contributed by atoms with van der Waals surface area (Å²) in [7, 11) is 1.37. The van der Waals surface area contributed by atoms with Gasteiger partial charge in [0, 0.05) is 25.9 Å². The van der Waals surface area contributed by atoms with Crippen molar-refractivity contribution in [1.29, 1.82) is 0 Å². The van der Waals surface area contributed by atoms with Crippen molar-refractivity contribution in [2.45, 2.75) is 38.3 Å². The summed E-state index contributed by atoms with van der Waals surface area (Å²) in [6.45, 7) is 2.29. The highest BCUT2D eigenvalue weighted by molar-refractivity contribution is 5.66. The summed E-state index contributed by atoms with van der Waals surface area (Å²) in [6.07, 6.45) is -2.54. The molecule has 4 atom stereocenters. The number of esters is 2. The molecular formula is C10H16N4O6. The molecule has 10 nitrogen and oxygen atoms in total. The standard InChI is InChI=1S/C10H16N4O6/c1-5(15)18-4-7-9(19-6(2)16)8(12-14-11)10(17-3)13-20-7/h7-10,13H,4H2,1-3H3/t7?,8?,9-,10?/m0/s1. The van der Waals surface area contributed by atoms with E-state index in [0.29, 0.717) is 0 Å². The molecule has 0 aromatic rings. The highest BCUT2D eigenvalue weighted by atomic mass is 16.7. The van der Waals surface area contributed by atoms with E-state index in [0.717, 1.165) is 0 Å². The number of methoxy groups -OCH3 is 1. The maximum absolute atomic E-state index is 11.2. The first-order chi connectivity index (χ1) is 9.49. The topological polar surface area (TPSA) is 132 Å². The normalized spacial score (nSPS) is 29.1. The van der Waals surface area contributed by atoms with E-state index in [4.69, 9.17) is 24.6 Å². The van der Waals surface area contributed by atoms with Crippen LogP contribution in [-0.2, 0) is 28.6 Å². The lowest BCUT2D eigenvalue weighted by atomic mass is 10.0. The smallest absolute Gasteiger partial charge is 0.303 e. The van der Waals surface area contributed by atoms with E-state index >= 15 is 0 Å². The first kappa shape index (κ1) is 16.2. The highest BCUT2D eigenvalue weighted by Crippen LogP contribution is 2.21. The fraction of sp³-hybridized carbons (Fsp3) is 0.800. The molecule has 0 saturated carbocycles. The van der Waals surface area contributed by atoms with Gasteiger partial charge in [0.1, 0.15) is 25.0 Å². The monoisotopic (exact) mass is 288 g/mol. The zero-order chi connectivity index (χ0) is 15.1. The molecule has 1 heterocycles. The fourth-order valence-corrected chi connectivity index (χ4v) is 1.72. The van der Waals surface area contributed by atoms with E-state index in [1.54, 1.807) is 0 Å². The molecule has 0 radical (unpaired) electrons. The number of rotatable bonds is 5. The predicted molar refractivity (Wildman–Crippen MR) is 63.9 cm³/mol. The number of carbonyl (C=O) groups is 2. The third kappa shape index (κ3) is 4.35. The van der Waals surface area contributed by atoms with E-state index in [1.807, 2.05) is 0 Å². The van der Waals surface area contributed by atoms with Crippen LogP contribution in [0.2, 0.25) is 0 Å². The lowest BCUT2D eigenvalue weighted by molar-refractivity contribution is -0.224. The second-order valence-electron chi connectivity index (χ2n) is 4.00. The van der Waals surface area contributed by atoms with Gasteiger partial charge in [-0.2, -0.15) is 5.48 Å². The van der Waals surface area contributed by atoms with Gasteiger partial charge >= 0.3 is 11.9 Å². The summed E-state index contributed by atoms with van der Waals surface area (Å²) in [5, 5.41) is 3.54. The van der Waals surface area contributed by atoms with Crippen LogP contribution in [0.25, 0.3) is 10.4 Å². The fourth-order valence-electron chi connectivity index (χ4n) is 1.72. The summed E-state index contributed by atoms with van der Waals surface area (Å²) in [5.74, 6) is -1.09. The number of hydroxylamine groups is 1. The Morgan fingerprint density at radius 2 is 2.10 bits per heavy atom. The number of carbonyl (C=O) groups excluding carboxylic acids is 2. The summed E-state index contributed by atoms with van der Waals surface area (Å²) in [6, 6.07) is -0.858. The van der Waals surface area contributed by atoms with Crippen LogP contribution in [0.1, 0.15) is 13.8 Å². The number of nitrogens with zero attached hydrogens (tertiary/aromatic N) is 3. The minimum Gasteiger partial charge on any atom is -0.463 e. The Morgan fingerprint density at radius 3 is 2.60 bits per heavy atom. The van der Waals surface area contributed by atoms with Gasteiger partial charge in [-0.25, -0.2) is 0 Å². The van der Waals surface area contributed by atoms with Crippen molar-refractivity contribution in [3.05, 3.63) is 10.4 Å². The molecule has 1 fully saturated rings. The summed E-state index contributed by atoms with van der Waals surface area (Å²) >= 11 is 0. The first-order valence-electron chi connectivity index (χ1n) is 5.78. The number of nitrogens with one attached hydrogen (secondary N) is 1. The molecule has 0 aliphatic carbocycles. The van der Waals surface area contributed by atoms with Crippen LogP contribution in [0.15, 0.2) is 5.11 Å². The number of hydrogen-bond acceptors (Lipinski definition) is 8. The van der Waals surface area contributed by atoms with Crippen LogP contribution in [0.3, 0.4) is 0 Å². The number of ether oxygens (including phenoxy) is 3. The average Bonchev–Trinajstić information content (AvgIpc) is 2.38. The molecule has 0 aromatic heterocycles. The van der Waals surface area contributed by atoms with Crippen LogP contribution >= 0.6 is 0 Å². The largest absolute Gasteiger partial charge is 0.463 e. The molecule has 0 aromatic carbocycles. The maximum atomic E-state index is 11.2. The van der Waals surface area contributed by atoms with Crippen molar-refractivity contribution in [3.63, 3.8) is 0 Å². The van der Waals surface area contributed by atoms with Crippen molar-refractivity contribution in [1.82, 2.24) is 5.48 Å². The van der Waals surface area contributed by atoms with Crippen molar-refractivity contribution in [3.8, 4) is 0 Å². The molecule has 1 rings (SSSR count). The number of hydrogen-bond donors (Lipinski definition) is 1. The van der Waals surface area contributed by atoms with Gasteiger partial charge in [0.05, 0.1) is 0 Å². The molecule has 1 aliphatic heterocycles. The van der Waals surface area contributed by atoms with Crippen molar-refractivity contribution in [2.75, 3.05) is 13.7 Å². The van der Waals surface area contributed by atoms with Crippen LogP contribution in [0.5, 0.6) is 0 Å². The predicted octanol–water partition coefficient (Wildman–Crippen LogP) is 0.0360. The average molecular weight is 288 g/mol. The number of azide groups is 1. The van der Waals surface area contributed by atoms with Gasteiger partial charge in [0.2, 0.25) is 0 Å². The van der Waals surface area contributed by atoms with Crippen molar-refractivity contribution < 1.29 is 28.6 Å². The molecule has 20 heavy (non-hydrogen) atoms. The van der Waals surface area contributed by atoms with Gasteiger partial charge in [0.15, 0.2) is 6.10 Å². The van der Waals surface area contributed by atoms with Gasteiger partial charge in [-0.1, -0.05) is 5.11 Å². The zero-order valence-corrected chi connectivity index (χ0v) is 11.3. The van der Waals surface area contributed by atoms with Gasteiger partial charge in [-0.05, 0) is 5.53 Å². The van der Waals surface area contributed by atoms with Crippen molar-refractivity contribution >= 4 is 11.9 Å². The minimum atomic E-state index is -0.936. The molecule has 1 N–H and O–H groups in total. The molecule has 1 saturated heterocycles. The molecule has 0 spiro atoms. The van der Waals surface area contributed by atoms with Gasteiger partial charge in [0.25, 0.3) is 0 Å². The summed E-state index contributed by atoms with van der Waals surface area (Å²) < 4.78 is 15.0. The van der Waals surface area contributed by atoms with Crippen LogP contribution in [-0.4, -0.2) is 50.1 Å². The molecule has 1 aliphatic rings. The molecular weight excluding hydrogens is 272 g/mol. The first-order valence-corrected chi connectivity index (χ1v) is 5.78. The molecule has 112 valence electrons. The highest BCUT2D eigenvalue weighted by Gasteiger charge is 2.43. The van der Waals surface area contributed by atoms with Gasteiger partial charge in [-0.3, -0.25) is 14.4 Å². The van der Waals surface area contributed by atoms with E-state index < -0.39 is 36.4 Å². The molecule has 0 bridgehead atoms. The Morgan fingerprint density at radius 1 is 1.40 bits per heavy atom. The quantitative estimate of drug-likeness (QED) is 0.327. The van der Waals surface area contributed by atoms with E-state index in [9.17, 15) is 9.59 Å². The third-order valence-electron chi connectivity index (χ3n) is 2.54. The van der Waals surface area contributed by atoms with E-state index in [2.05, 4.69) is 15.5 Å². The SMILES string of the molecule is COC1NOC(COC(C)=O)[C@H](OC(C)=O)C1N=[N+]=[N-]. The maximum Gasteiger partial charge on any atom is 0.303 e. The minimum absolute atomic E-state index is 0.159. The van der Waals surface area contributed by atoms with Gasteiger partial charge in [-0.15, -0.1) is 0 Å².